The molecule has 0 saturated carbocycles. The summed E-state index contributed by atoms with van der Waals surface area (Å²) in [7, 11) is 0. The summed E-state index contributed by atoms with van der Waals surface area (Å²) in [5.41, 5.74) is 5.89. The second-order valence-electron chi connectivity index (χ2n) is 8.37. The molecule has 0 fully saturated rings. The molecule has 2 aromatic carbocycles. The number of H-pyrrole nitrogens is 1. The number of hydrogen-bond donors (Lipinski definition) is 2. The van der Waals surface area contributed by atoms with Crippen LogP contribution in [-0.2, 0) is 19.4 Å². The topological polar surface area (TPSA) is 110 Å². The van der Waals surface area contributed by atoms with Gasteiger partial charge in [0.25, 0.3) is 0 Å². The van der Waals surface area contributed by atoms with Gasteiger partial charge in [-0.05, 0) is 41.2 Å². The van der Waals surface area contributed by atoms with Gasteiger partial charge in [-0.15, -0.1) is 10.2 Å². The first-order chi connectivity index (χ1) is 16.6. The third-order valence-corrected chi connectivity index (χ3v) is 6.01. The van der Waals surface area contributed by atoms with E-state index in [1.807, 2.05) is 36.4 Å². The molecule has 176 valence electrons. The molecule has 0 bridgehead atoms. The second-order valence-corrected chi connectivity index (χ2v) is 8.37. The molecule has 4 aromatic rings. The number of nitrogens with zero attached hydrogens (tertiary/aromatic N) is 5. The van der Waals surface area contributed by atoms with Crippen LogP contribution in [0.15, 0.2) is 48.5 Å². The number of hydrogen-bond acceptors (Lipinski definition) is 5. The molecule has 34 heavy (non-hydrogen) atoms. The molecule has 0 spiro atoms. The van der Waals surface area contributed by atoms with E-state index in [0.717, 1.165) is 65.6 Å². The molecule has 2 N–H and O–H groups in total. The van der Waals surface area contributed by atoms with Crippen molar-refractivity contribution < 1.29 is 9.90 Å². The van der Waals surface area contributed by atoms with Crippen LogP contribution in [0.2, 0.25) is 0 Å². The van der Waals surface area contributed by atoms with Crippen LogP contribution in [-0.4, -0.2) is 41.5 Å². The first kappa shape index (κ1) is 23.4. The Hall–Kier alpha value is -3.81. The summed E-state index contributed by atoms with van der Waals surface area (Å²) in [4.78, 5) is 12.4. The minimum Gasteiger partial charge on any atom is -0.477 e. The van der Waals surface area contributed by atoms with Crippen LogP contribution in [0.25, 0.3) is 22.5 Å². The molecule has 2 heterocycles. The summed E-state index contributed by atoms with van der Waals surface area (Å²) in [5.74, 6) is -0.404. The lowest BCUT2D eigenvalue weighted by molar-refractivity contribution is 0.0682. The van der Waals surface area contributed by atoms with Crippen molar-refractivity contribution in [3.63, 3.8) is 0 Å². The first-order valence-electron chi connectivity index (χ1n) is 11.9. The van der Waals surface area contributed by atoms with E-state index in [1.165, 1.54) is 0 Å². The molecule has 0 radical (unpaired) electrons. The Labute approximate surface area is 199 Å². The Kier molecular flexibility index (Phi) is 7.47. The molecule has 0 aliphatic heterocycles. The molecule has 0 atom stereocenters. The summed E-state index contributed by atoms with van der Waals surface area (Å²) in [6.45, 7) is 4.84. The normalized spacial score (nSPS) is 11.1. The average Bonchev–Trinajstić information content (AvgIpc) is 3.50. The maximum Gasteiger partial charge on any atom is 0.354 e. The molecule has 0 amide bonds. The van der Waals surface area contributed by atoms with E-state index in [9.17, 15) is 9.90 Å². The van der Waals surface area contributed by atoms with Gasteiger partial charge in [0, 0.05) is 24.1 Å². The predicted molar refractivity (Wildman–Crippen MR) is 131 cm³/mol. The van der Waals surface area contributed by atoms with E-state index < -0.39 is 5.97 Å². The van der Waals surface area contributed by atoms with Crippen molar-refractivity contribution in [3.8, 4) is 22.5 Å². The van der Waals surface area contributed by atoms with Crippen molar-refractivity contribution in [2.24, 2.45) is 0 Å². The van der Waals surface area contributed by atoms with E-state index in [4.69, 9.17) is 5.10 Å². The van der Waals surface area contributed by atoms with Crippen molar-refractivity contribution in [2.75, 3.05) is 0 Å². The Morgan fingerprint density at radius 3 is 2.35 bits per heavy atom. The number of rotatable bonds is 11. The molecular formula is C26H30N6O2. The fourth-order valence-corrected chi connectivity index (χ4v) is 4.31. The molecule has 0 saturated heterocycles. The molecule has 8 heteroatoms. The largest absolute Gasteiger partial charge is 0.477 e. The fraction of sp³-hybridized carbons (Fsp3) is 0.346. The highest BCUT2D eigenvalue weighted by Gasteiger charge is 2.24. The molecule has 0 unspecified atom stereocenters. The van der Waals surface area contributed by atoms with Gasteiger partial charge in [-0.1, -0.05) is 75.2 Å². The number of aromatic carboxylic acids is 1. The van der Waals surface area contributed by atoms with Crippen LogP contribution in [0.3, 0.4) is 0 Å². The fourth-order valence-electron chi connectivity index (χ4n) is 4.31. The van der Waals surface area contributed by atoms with Gasteiger partial charge < -0.3 is 5.11 Å². The summed E-state index contributed by atoms with van der Waals surface area (Å²) in [6.07, 6.45) is 5.13. The average molecular weight is 459 g/mol. The van der Waals surface area contributed by atoms with E-state index in [1.54, 1.807) is 4.68 Å². The number of carboxylic acids is 1. The Balaban J connectivity index is 1.81. The van der Waals surface area contributed by atoms with Crippen LogP contribution in [0.1, 0.15) is 66.8 Å². The highest BCUT2D eigenvalue weighted by atomic mass is 16.4. The highest BCUT2D eigenvalue weighted by molar-refractivity contribution is 5.88. The second kappa shape index (κ2) is 10.9. The van der Waals surface area contributed by atoms with Gasteiger partial charge in [0.1, 0.15) is 5.69 Å². The number of carbonyl (C=O) groups is 1. The number of unbranched alkanes of at least 4 members (excludes halogenated alkanes) is 2. The minimum atomic E-state index is -0.925. The van der Waals surface area contributed by atoms with Crippen LogP contribution in [0, 0.1) is 0 Å². The zero-order valence-electron chi connectivity index (χ0n) is 19.7. The Morgan fingerprint density at radius 2 is 1.68 bits per heavy atom. The number of aryl methyl sites for hydroxylation is 2. The van der Waals surface area contributed by atoms with Gasteiger partial charge in [0.2, 0.25) is 5.82 Å². The number of benzene rings is 2. The SMILES string of the molecule is CCCCc1nn(CCCC)c(C(=O)O)c1Cc1ccccc1-c1ccccc1-c1nn[nH]n1. The van der Waals surface area contributed by atoms with Gasteiger partial charge in [-0.2, -0.15) is 10.3 Å². The number of nitrogens with one attached hydrogen (secondary N) is 1. The van der Waals surface area contributed by atoms with Crippen molar-refractivity contribution in [1.82, 2.24) is 30.4 Å². The lowest BCUT2D eigenvalue weighted by Crippen LogP contribution is -2.12. The van der Waals surface area contributed by atoms with Crippen LogP contribution < -0.4 is 0 Å². The third kappa shape index (κ3) is 4.90. The number of tetrazole rings is 1. The molecular weight excluding hydrogens is 428 g/mol. The number of aromatic nitrogens is 6. The van der Waals surface area contributed by atoms with E-state index >= 15 is 0 Å². The molecule has 0 aliphatic carbocycles. The molecule has 0 aliphatic rings. The van der Waals surface area contributed by atoms with Crippen molar-refractivity contribution >= 4 is 5.97 Å². The van der Waals surface area contributed by atoms with Crippen LogP contribution in [0.4, 0.5) is 0 Å². The summed E-state index contributed by atoms with van der Waals surface area (Å²) >= 11 is 0. The molecule has 8 nitrogen and oxygen atoms in total. The van der Waals surface area contributed by atoms with Gasteiger partial charge in [-0.3, -0.25) is 4.68 Å². The summed E-state index contributed by atoms with van der Waals surface area (Å²) in [6, 6.07) is 16.0. The maximum atomic E-state index is 12.4. The lowest BCUT2D eigenvalue weighted by Gasteiger charge is -2.13. The van der Waals surface area contributed by atoms with Crippen molar-refractivity contribution in [1.29, 1.82) is 0 Å². The lowest BCUT2D eigenvalue weighted by atomic mass is 9.91. The van der Waals surface area contributed by atoms with Gasteiger partial charge in [-0.25, -0.2) is 4.79 Å². The number of carboxylic acid groups (broad SMARTS) is 1. The Morgan fingerprint density at radius 1 is 0.971 bits per heavy atom. The Bertz CT molecular complexity index is 1250. The maximum absolute atomic E-state index is 12.4. The highest BCUT2D eigenvalue weighted by Crippen LogP contribution is 2.34. The van der Waals surface area contributed by atoms with Gasteiger partial charge >= 0.3 is 5.97 Å². The van der Waals surface area contributed by atoms with E-state index in [-0.39, 0.29) is 0 Å². The standard InChI is InChI=1S/C26H30N6O2/c1-3-5-15-23-22(24(26(33)34)32(29-23)16-6-4-2)17-18-11-7-8-12-19(18)20-13-9-10-14-21(20)25-27-30-31-28-25/h7-14H,3-6,15-17H2,1-2H3,(H,33,34)(H,27,28,30,31). The predicted octanol–water partition coefficient (Wildman–Crippen LogP) is 5.16. The van der Waals surface area contributed by atoms with Gasteiger partial charge in [0.05, 0.1) is 5.69 Å². The van der Waals surface area contributed by atoms with Crippen molar-refractivity contribution in [2.45, 2.75) is 58.9 Å². The smallest absolute Gasteiger partial charge is 0.354 e. The van der Waals surface area contributed by atoms with Crippen molar-refractivity contribution in [3.05, 3.63) is 71.0 Å². The number of aromatic amines is 1. The summed E-state index contributed by atoms with van der Waals surface area (Å²) in [5, 5.41) is 29.5. The van der Waals surface area contributed by atoms with Crippen LogP contribution >= 0.6 is 0 Å². The molecule has 4 rings (SSSR count). The monoisotopic (exact) mass is 458 g/mol. The zero-order chi connectivity index (χ0) is 23.9. The zero-order valence-corrected chi connectivity index (χ0v) is 19.7. The summed E-state index contributed by atoms with van der Waals surface area (Å²) < 4.78 is 1.70. The van der Waals surface area contributed by atoms with Gasteiger partial charge in [0.15, 0.2) is 0 Å². The van der Waals surface area contributed by atoms with Crippen LogP contribution in [0.5, 0.6) is 0 Å². The quantitative estimate of drug-likeness (QED) is 0.321. The first-order valence-corrected chi connectivity index (χ1v) is 11.9. The van der Waals surface area contributed by atoms with E-state index in [0.29, 0.717) is 24.5 Å². The third-order valence-electron chi connectivity index (χ3n) is 6.01. The minimum absolute atomic E-state index is 0.306. The van der Waals surface area contributed by atoms with E-state index in [2.05, 4.69) is 46.6 Å². The molecule has 2 aromatic heterocycles.